The highest BCUT2D eigenvalue weighted by Crippen LogP contribution is 2.36. The van der Waals surface area contributed by atoms with Crippen LogP contribution in [0.15, 0.2) is 91.4 Å². The largest absolute Gasteiger partial charge is 0.497 e. The predicted molar refractivity (Wildman–Crippen MR) is 125 cm³/mol. The molecule has 152 valence electrons. The minimum atomic E-state index is 0.779. The molecule has 3 aromatic carbocycles. The first-order valence-electron chi connectivity index (χ1n) is 10.1. The zero-order valence-electron chi connectivity index (χ0n) is 17.4. The number of aromatic nitrogens is 3. The SMILES string of the molecule is COc1ccc(-n2cc(-c3ccccc3)c3c(Nc4cccc(C)c4)ncnc32)cc1. The smallest absolute Gasteiger partial charge is 0.150 e. The first-order valence-corrected chi connectivity index (χ1v) is 10.1. The van der Waals surface area contributed by atoms with Gasteiger partial charge in [0.2, 0.25) is 0 Å². The van der Waals surface area contributed by atoms with Gasteiger partial charge in [0.15, 0.2) is 5.65 Å². The van der Waals surface area contributed by atoms with Crippen LogP contribution in [0.1, 0.15) is 5.56 Å². The van der Waals surface area contributed by atoms with E-state index in [4.69, 9.17) is 4.74 Å². The summed E-state index contributed by atoms with van der Waals surface area (Å²) in [7, 11) is 1.67. The van der Waals surface area contributed by atoms with Crippen LogP contribution in [0.25, 0.3) is 27.8 Å². The van der Waals surface area contributed by atoms with Gasteiger partial charge in [-0.05, 0) is 54.4 Å². The van der Waals surface area contributed by atoms with Crippen molar-refractivity contribution in [3.05, 3.63) is 97.0 Å². The Morgan fingerprint density at radius 2 is 1.68 bits per heavy atom. The van der Waals surface area contributed by atoms with Gasteiger partial charge in [-0.15, -0.1) is 0 Å². The van der Waals surface area contributed by atoms with Gasteiger partial charge < -0.3 is 14.6 Å². The standard InChI is InChI=1S/C26H22N4O/c1-18-7-6-10-20(15-18)29-25-24-23(19-8-4-3-5-9-19)16-30(26(24)28-17-27-25)21-11-13-22(31-2)14-12-21/h3-17H,1-2H3,(H,27,28,29). The molecule has 0 radical (unpaired) electrons. The second kappa shape index (κ2) is 7.95. The van der Waals surface area contributed by atoms with Crippen LogP contribution in [-0.2, 0) is 0 Å². The zero-order chi connectivity index (χ0) is 21.2. The summed E-state index contributed by atoms with van der Waals surface area (Å²) < 4.78 is 7.41. The van der Waals surface area contributed by atoms with Crippen LogP contribution in [-0.4, -0.2) is 21.6 Å². The van der Waals surface area contributed by atoms with Crippen molar-refractivity contribution in [1.29, 1.82) is 0 Å². The van der Waals surface area contributed by atoms with Crippen molar-refractivity contribution in [2.24, 2.45) is 0 Å². The van der Waals surface area contributed by atoms with E-state index in [0.717, 1.165) is 45.1 Å². The molecule has 31 heavy (non-hydrogen) atoms. The lowest BCUT2D eigenvalue weighted by Gasteiger charge is -2.10. The molecule has 0 aliphatic rings. The van der Waals surface area contributed by atoms with Crippen molar-refractivity contribution in [3.63, 3.8) is 0 Å². The number of rotatable bonds is 5. The Morgan fingerprint density at radius 3 is 2.42 bits per heavy atom. The van der Waals surface area contributed by atoms with Crippen LogP contribution in [0.5, 0.6) is 5.75 Å². The quantitative estimate of drug-likeness (QED) is 0.380. The molecule has 0 saturated heterocycles. The maximum Gasteiger partial charge on any atom is 0.150 e. The molecule has 0 amide bonds. The van der Waals surface area contributed by atoms with Crippen molar-refractivity contribution in [1.82, 2.24) is 14.5 Å². The molecule has 0 spiro atoms. The van der Waals surface area contributed by atoms with Gasteiger partial charge >= 0.3 is 0 Å². The molecular weight excluding hydrogens is 384 g/mol. The average Bonchev–Trinajstić information content (AvgIpc) is 3.21. The molecule has 5 aromatic rings. The van der Waals surface area contributed by atoms with Gasteiger partial charge in [0.1, 0.15) is 17.9 Å². The molecule has 5 rings (SSSR count). The van der Waals surface area contributed by atoms with Gasteiger partial charge in [0, 0.05) is 23.1 Å². The van der Waals surface area contributed by atoms with E-state index >= 15 is 0 Å². The third-order valence-corrected chi connectivity index (χ3v) is 5.30. The Morgan fingerprint density at radius 1 is 0.871 bits per heavy atom. The normalized spacial score (nSPS) is 10.9. The van der Waals surface area contributed by atoms with E-state index in [2.05, 4.69) is 57.2 Å². The fraction of sp³-hybridized carbons (Fsp3) is 0.0769. The van der Waals surface area contributed by atoms with Gasteiger partial charge in [0.05, 0.1) is 12.5 Å². The van der Waals surface area contributed by atoms with E-state index in [1.165, 1.54) is 5.56 Å². The van der Waals surface area contributed by atoms with Crippen molar-refractivity contribution in [3.8, 4) is 22.6 Å². The van der Waals surface area contributed by atoms with E-state index in [-0.39, 0.29) is 0 Å². The fourth-order valence-electron chi connectivity index (χ4n) is 3.79. The second-order valence-electron chi connectivity index (χ2n) is 7.39. The van der Waals surface area contributed by atoms with Crippen LogP contribution in [0.4, 0.5) is 11.5 Å². The lowest BCUT2D eigenvalue weighted by atomic mass is 10.1. The molecule has 5 heteroatoms. The topological polar surface area (TPSA) is 52.0 Å². The van der Waals surface area contributed by atoms with E-state index in [0.29, 0.717) is 0 Å². The lowest BCUT2D eigenvalue weighted by molar-refractivity contribution is 0.415. The molecule has 5 nitrogen and oxygen atoms in total. The van der Waals surface area contributed by atoms with E-state index in [9.17, 15) is 0 Å². The lowest BCUT2D eigenvalue weighted by Crippen LogP contribution is -1.98. The molecule has 0 atom stereocenters. The number of benzene rings is 3. The fourth-order valence-corrected chi connectivity index (χ4v) is 3.79. The van der Waals surface area contributed by atoms with E-state index < -0.39 is 0 Å². The zero-order valence-corrected chi connectivity index (χ0v) is 17.4. The molecular formula is C26H22N4O. The van der Waals surface area contributed by atoms with Crippen LogP contribution in [0, 0.1) is 6.92 Å². The Labute approximate surface area is 181 Å². The summed E-state index contributed by atoms with van der Waals surface area (Å²) in [6.45, 7) is 2.08. The van der Waals surface area contributed by atoms with Crippen molar-refractivity contribution in [2.45, 2.75) is 6.92 Å². The summed E-state index contributed by atoms with van der Waals surface area (Å²) in [6.07, 6.45) is 3.73. The van der Waals surface area contributed by atoms with Gasteiger partial charge in [-0.2, -0.15) is 0 Å². The second-order valence-corrected chi connectivity index (χ2v) is 7.39. The first kappa shape index (κ1) is 18.9. The predicted octanol–water partition coefficient (Wildman–Crippen LogP) is 6.15. The summed E-state index contributed by atoms with van der Waals surface area (Å²) in [6, 6.07) is 26.6. The van der Waals surface area contributed by atoms with E-state index in [1.54, 1.807) is 13.4 Å². The number of methoxy groups -OCH3 is 1. The molecule has 0 aliphatic carbocycles. The molecule has 0 bridgehead atoms. The Hall–Kier alpha value is -4.12. The summed E-state index contributed by atoms with van der Waals surface area (Å²) in [5, 5.41) is 4.47. The Bertz CT molecular complexity index is 1340. The highest BCUT2D eigenvalue weighted by atomic mass is 16.5. The molecule has 2 aromatic heterocycles. The highest BCUT2D eigenvalue weighted by molar-refractivity contribution is 6.03. The third-order valence-electron chi connectivity index (χ3n) is 5.30. The van der Waals surface area contributed by atoms with Gasteiger partial charge in [-0.3, -0.25) is 0 Å². The summed E-state index contributed by atoms with van der Waals surface area (Å²) >= 11 is 0. The Kier molecular flexibility index (Phi) is 4.84. The molecule has 1 N–H and O–H groups in total. The number of ether oxygens (including phenoxy) is 1. The number of anilines is 2. The molecule has 0 aliphatic heterocycles. The number of aryl methyl sites for hydroxylation is 1. The number of hydrogen-bond acceptors (Lipinski definition) is 4. The number of nitrogens with one attached hydrogen (secondary N) is 1. The van der Waals surface area contributed by atoms with Crippen LogP contribution in [0.2, 0.25) is 0 Å². The maximum absolute atomic E-state index is 5.32. The van der Waals surface area contributed by atoms with E-state index in [1.807, 2.05) is 54.6 Å². The molecule has 0 fully saturated rings. The number of nitrogens with zero attached hydrogens (tertiary/aromatic N) is 3. The van der Waals surface area contributed by atoms with Crippen molar-refractivity contribution in [2.75, 3.05) is 12.4 Å². The number of hydrogen-bond donors (Lipinski definition) is 1. The minimum Gasteiger partial charge on any atom is -0.497 e. The monoisotopic (exact) mass is 406 g/mol. The van der Waals surface area contributed by atoms with Gasteiger partial charge in [-0.1, -0.05) is 42.5 Å². The van der Waals surface area contributed by atoms with Crippen LogP contribution in [0.3, 0.4) is 0 Å². The minimum absolute atomic E-state index is 0.779. The van der Waals surface area contributed by atoms with Gasteiger partial charge in [-0.25, -0.2) is 9.97 Å². The summed E-state index contributed by atoms with van der Waals surface area (Å²) in [5.74, 6) is 1.60. The van der Waals surface area contributed by atoms with Crippen LogP contribution < -0.4 is 10.1 Å². The number of fused-ring (bicyclic) bond motifs is 1. The highest BCUT2D eigenvalue weighted by Gasteiger charge is 2.17. The Balaban J connectivity index is 1.72. The van der Waals surface area contributed by atoms with Gasteiger partial charge in [0.25, 0.3) is 0 Å². The maximum atomic E-state index is 5.32. The molecule has 2 heterocycles. The van der Waals surface area contributed by atoms with Crippen LogP contribution >= 0.6 is 0 Å². The summed E-state index contributed by atoms with van der Waals surface area (Å²) in [4.78, 5) is 9.24. The molecule has 0 saturated carbocycles. The van der Waals surface area contributed by atoms with Crippen molar-refractivity contribution < 1.29 is 4.74 Å². The summed E-state index contributed by atoms with van der Waals surface area (Å²) in [5.41, 5.74) is 6.22. The van der Waals surface area contributed by atoms with Crippen molar-refractivity contribution >= 4 is 22.5 Å². The molecule has 0 unspecified atom stereocenters. The average molecular weight is 406 g/mol. The third kappa shape index (κ3) is 3.62. The first-order chi connectivity index (χ1) is 15.2.